The van der Waals surface area contributed by atoms with Gasteiger partial charge in [-0.15, -0.1) is 16.9 Å². The first-order valence-corrected chi connectivity index (χ1v) is 7.93. The van der Waals surface area contributed by atoms with Gasteiger partial charge in [0, 0.05) is 16.0 Å². The third-order valence-electron chi connectivity index (χ3n) is 3.05. The lowest BCUT2D eigenvalue weighted by atomic mass is 10.2. The number of anilines is 1. The van der Waals surface area contributed by atoms with Gasteiger partial charge in [0.05, 0.1) is 0 Å². The van der Waals surface area contributed by atoms with Crippen molar-refractivity contribution in [2.75, 3.05) is 11.6 Å². The van der Waals surface area contributed by atoms with Crippen LogP contribution in [0, 0.1) is 5.82 Å². The minimum atomic E-state index is -0.403. The summed E-state index contributed by atoms with van der Waals surface area (Å²) in [7, 11) is 0. The molecule has 0 saturated carbocycles. The molecule has 0 aliphatic heterocycles. The van der Waals surface area contributed by atoms with Crippen LogP contribution in [0.2, 0.25) is 0 Å². The Labute approximate surface area is 135 Å². The Morgan fingerprint density at radius 2 is 2.00 bits per heavy atom. The molecule has 0 atom stereocenters. The zero-order chi connectivity index (χ0) is 16.2. The van der Waals surface area contributed by atoms with E-state index in [1.807, 2.05) is 12.3 Å². The molecule has 0 unspecified atom stereocenters. The summed E-state index contributed by atoms with van der Waals surface area (Å²) >= 11 is 1.54. The second-order valence-corrected chi connectivity index (χ2v) is 5.49. The molecule has 1 heterocycles. The minimum absolute atomic E-state index is 0.0381. The van der Waals surface area contributed by atoms with Gasteiger partial charge >= 0.3 is 6.01 Å². The monoisotopic (exact) mass is 329 g/mol. The Morgan fingerprint density at radius 3 is 2.78 bits per heavy atom. The molecule has 0 fully saturated rings. The second-order valence-electron chi connectivity index (χ2n) is 4.61. The van der Waals surface area contributed by atoms with Gasteiger partial charge in [-0.05, 0) is 42.7 Å². The van der Waals surface area contributed by atoms with E-state index >= 15 is 0 Å². The normalized spacial score (nSPS) is 10.5. The number of hydrogen-bond acceptors (Lipinski definition) is 5. The molecule has 5 nitrogen and oxygen atoms in total. The van der Waals surface area contributed by atoms with Gasteiger partial charge in [0.1, 0.15) is 5.82 Å². The van der Waals surface area contributed by atoms with Crippen molar-refractivity contribution in [3.05, 3.63) is 59.9 Å². The van der Waals surface area contributed by atoms with Crippen molar-refractivity contribution in [3.63, 3.8) is 0 Å². The Kier molecular flexibility index (Phi) is 4.38. The molecule has 116 valence electrons. The van der Waals surface area contributed by atoms with Gasteiger partial charge in [0.15, 0.2) is 0 Å². The first-order valence-electron chi connectivity index (χ1n) is 6.70. The lowest BCUT2D eigenvalue weighted by Gasteiger charge is -2.02. The highest BCUT2D eigenvalue weighted by Gasteiger charge is 2.13. The summed E-state index contributed by atoms with van der Waals surface area (Å²) in [6.07, 6.45) is 1.93. The Hall–Kier alpha value is -2.67. The summed E-state index contributed by atoms with van der Waals surface area (Å²) in [6.45, 7) is 0. The second kappa shape index (κ2) is 6.62. The quantitative estimate of drug-likeness (QED) is 0.736. The standard InChI is InChI=1S/C16H12FN3O2S/c1-23-13-7-3-4-10(9-13)14(21)18-16-20-19-15(22-16)11-5-2-6-12(17)8-11/h2-9H,1H3,(H,18,20,21). The summed E-state index contributed by atoms with van der Waals surface area (Å²) in [6, 6.07) is 12.9. The molecular weight excluding hydrogens is 317 g/mol. The summed E-state index contributed by atoms with van der Waals surface area (Å²) in [4.78, 5) is 13.1. The van der Waals surface area contributed by atoms with Crippen molar-refractivity contribution in [3.8, 4) is 11.5 Å². The highest BCUT2D eigenvalue weighted by Crippen LogP contribution is 2.21. The lowest BCUT2D eigenvalue weighted by molar-refractivity contribution is 0.102. The van der Waals surface area contributed by atoms with Crippen molar-refractivity contribution < 1.29 is 13.6 Å². The maximum Gasteiger partial charge on any atom is 0.322 e. The highest BCUT2D eigenvalue weighted by atomic mass is 32.2. The van der Waals surface area contributed by atoms with Crippen molar-refractivity contribution in [1.29, 1.82) is 0 Å². The summed E-state index contributed by atoms with van der Waals surface area (Å²) in [5, 5.41) is 10.1. The van der Waals surface area contributed by atoms with Crippen LogP contribution in [0.15, 0.2) is 57.8 Å². The van der Waals surface area contributed by atoms with Crippen molar-refractivity contribution in [2.45, 2.75) is 4.90 Å². The fourth-order valence-electron chi connectivity index (χ4n) is 1.95. The van der Waals surface area contributed by atoms with Gasteiger partial charge in [-0.2, -0.15) is 0 Å². The molecule has 0 aliphatic carbocycles. The minimum Gasteiger partial charge on any atom is -0.403 e. The number of aromatic nitrogens is 2. The number of amides is 1. The fourth-order valence-corrected chi connectivity index (χ4v) is 2.40. The van der Waals surface area contributed by atoms with E-state index in [1.165, 1.54) is 12.1 Å². The number of nitrogens with zero attached hydrogens (tertiary/aromatic N) is 2. The lowest BCUT2D eigenvalue weighted by Crippen LogP contribution is -2.12. The largest absolute Gasteiger partial charge is 0.403 e. The number of carbonyl (C=O) groups is 1. The molecule has 3 aromatic rings. The predicted octanol–water partition coefficient (Wildman–Crippen LogP) is 3.85. The molecule has 0 spiro atoms. The molecule has 1 aromatic heterocycles. The molecule has 23 heavy (non-hydrogen) atoms. The van der Waals surface area contributed by atoms with Crippen LogP contribution in [0.25, 0.3) is 11.5 Å². The van der Waals surface area contributed by atoms with E-state index in [0.29, 0.717) is 11.1 Å². The molecule has 7 heteroatoms. The molecule has 3 rings (SSSR count). The topological polar surface area (TPSA) is 68.0 Å². The van der Waals surface area contributed by atoms with Crippen LogP contribution in [0.1, 0.15) is 10.4 Å². The molecule has 0 saturated heterocycles. The van der Waals surface area contributed by atoms with Crippen LogP contribution < -0.4 is 5.32 Å². The molecule has 0 radical (unpaired) electrons. The average molecular weight is 329 g/mol. The number of benzene rings is 2. The first kappa shape index (κ1) is 15.2. The van der Waals surface area contributed by atoms with Gasteiger partial charge < -0.3 is 4.42 Å². The van der Waals surface area contributed by atoms with Crippen LogP contribution >= 0.6 is 11.8 Å². The fraction of sp³-hybridized carbons (Fsp3) is 0.0625. The molecule has 2 aromatic carbocycles. The molecular formula is C16H12FN3O2S. The number of thioether (sulfide) groups is 1. The van der Waals surface area contributed by atoms with Crippen LogP contribution in [0.3, 0.4) is 0 Å². The summed E-state index contributed by atoms with van der Waals surface area (Å²) in [5.41, 5.74) is 0.935. The van der Waals surface area contributed by atoms with Crippen LogP contribution in [-0.2, 0) is 0 Å². The number of halogens is 1. The van der Waals surface area contributed by atoms with Crippen molar-refractivity contribution >= 4 is 23.7 Å². The summed E-state index contributed by atoms with van der Waals surface area (Å²) in [5.74, 6) is -0.617. The molecule has 0 aliphatic rings. The SMILES string of the molecule is CSc1cccc(C(=O)Nc2nnc(-c3cccc(F)c3)o2)c1. The molecule has 1 amide bonds. The zero-order valence-corrected chi connectivity index (χ0v) is 12.9. The maximum absolute atomic E-state index is 13.2. The first-order chi connectivity index (χ1) is 11.2. The Morgan fingerprint density at radius 1 is 1.17 bits per heavy atom. The number of nitrogens with one attached hydrogen (secondary N) is 1. The smallest absolute Gasteiger partial charge is 0.322 e. The van der Waals surface area contributed by atoms with Gasteiger partial charge in [0.2, 0.25) is 5.89 Å². The zero-order valence-electron chi connectivity index (χ0n) is 12.1. The van der Waals surface area contributed by atoms with Gasteiger partial charge in [-0.1, -0.05) is 17.2 Å². The van der Waals surface area contributed by atoms with Gasteiger partial charge in [-0.3, -0.25) is 10.1 Å². The maximum atomic E-state index is 13.2. The van der Waals surface area contributed by atoms with E-state index in [4.69, 9.17) is 4.42 Å². The molecule has 0 bridgehead atoms. The van der Waals surface area contributed by atoms with Crippen LogP contribution in [0.4, 0.5) is 10.4 Å². The van der Waals surface area contributed by atoms with Gasteiger partial charge in [0.25, 0.3) is 5.91 Å². The third kappa shape index (κ3) is 3.57. The third-order valence-corrected chi connectivity index (χ3v) is 3.77. The number of rotatable bonds is 4. The molecule has 1 N–H and O–H groups in total. The van der Waals surface area contributed by atoms with Crippen LogP contribution in [-0.4, -0.2) is 22.4 Å². The summed E-state index contributed by atoms with van der Waals surface area (Å²) < 4.78 is 18.5. The van der Waals surface area contributed by atoms with E-state index in [1.54, 1.807) is 42.1 Å². The van der Waals surface area contributed by atoms with E-state index in [-0.39, 0.29) is 17.8 Å². The van der Waals surface area contributed by atoms with Crippen molar-refractivity contribution in [1.82, 2.24) is 10.2 Å². The Bertz CT molecular complexity index is 851. The number of carbonyl (C=O) groups excluding carboxylic acids is 1. The van der Waals surface area contributed by atoms with Crippen LogP contribution in [0.5, 0.6) is 0 Å². The van der Waals surface area contributed by atoms with Crippen molar-refractivity contribution in [2.24, 2.45) is 0 Å². The van der Waals surface area contributed by atoms with E-state index < -0.39 is 5.82 Å². The highest BCUT2D eigenvalue weighted by molar-refractivity contribution is 7.98. The van der Waals surface area contributed by atoms with E-state index in [0.717, 1.165) is 4.90 Å². The van der Waals surface area contributed by atoms with Gasteiger partial charge in [-0.25, -0.2) is 4.39 Å². The predicted molar refractivity (Wildman–Crippen MR) is 85.9 cm³/mol. The van der Waals surface area contributed by atoms with E-state index in [9.17, 15) is 9.18 Å². The Balaban J connectivity index is 1.77. The number of hydrogen-bond donors (Lipinski definition) is 1. The average Bonchev–Trinajstić information content (AvgIpc) is 3.03. The van der Waals surface area contributed by atoms with E-state index in [2.05, 4.69) is 15.5 Å².